The molecule has 0 saturated carbocycles. The molecule has 1 unspecified atom stereocenters. The molecular formula is C26H30FNO7. The van der Waals surface area contributed by atoms with Crippen LogP contribution in [0.1, 0.15) is 37.4 Å². The van der Waals surface area contributed by atoms with Crippen LogP contribution in [0.25, 0.3) is 5.76 Å². The fourth-order valence-corrected chi connectivity index (χ4v) is 4.05. The number of nitrogens with zero attached hydrogens (tertiary/aromatic N) is 1. The van der Waals surface area contributed by atoms with Gasteiger partial charge in [-0.3, -0.25) is 9.59 Å². The normalized spacial score (nSPS) is 17.2. The van der Waals surface area contributed by atoms with Crippen molar-refractivity contribution < 1.29 is 38.0 Å². The summed E-state index contributed by atoms with van der Waals surface area (Å²) in [5.41, 5.74) is 0.321. The molecule has 1 heterocycles. The van der Waals surface area contributed by atoms with E-state index in [9.17, 15) is 19.1 Å². The van der Waals surface area contributed by atoms with Crippen molar-refractivity contribution in [1.29, 1.82) is 0 Å². The number of likely N-dealkylation sites (tertiary alicyclic amines) is 1. The van der Waals surface area contributed by atoms with Gasteiger partial charge in [-0.25, -0.2) is 4.39 Å². The largest absolute Gasteiger partial charge is 0.507 e. The van der Waals surface area contributed by atoms with Gasteiger partial charge in [0.1, 0.15) is 17.3 Å². The number of carbonyl (C=O) groups excluding carboxylic acids is 2. The van der Waals surface area contributed by atoms with Gasteiger partial charge in [-0.1, -0.05) is 6.07 Å². The zero-order valence-electron chi connectivity index (χ0n) is 20.5. The van der Waals surface area contributed by atoms with Crippen LogP contribution in [-0.2, 0) is 14.3 Å². The van der Waals surface area contributed by atoms with E-state index < -0.39 is 29.3 Å². The molecule has 0 spiro atoms. The fraction of sp³-hybridized carbons (Fsp3) is 0.385. The highest BCUT2D eigenvalue weighted by Gasteiger charge is 2.46. The summed E-state index contributed by atoms with van der Waals surface area (Å²) in [6, 6.07) is 7.69. The summed E-state index contributed by atoms with van der Waals surface area (Å²) in [4.78, 5) is 27.6. The molecule has 1 aliphatic heterocycles. The number of benzene rings is 2. The lowest BCUT2D eigenvalue weighted by atomic mass is 9.94. The fourth-order valence-electron chi connectivity index (χ4n) is 4.05. The number of aliphatic hydroxyl groups is 1. The molecule has 35 heavy (non-hydrogen) atoms. The van der Waals surface area contributed by atoms with Gasteiger partial charge in [-0.05, 0) is 56.2 Å². The highest BCUT2D eigenvalue weighted by Crippen LogP contribution is 2.43. The molecule has 1 fully saturated rings. The van der Waals surface area contributed by atoms with Crippen molar-refractivity contribution in [3.05, 3.63) is 58.9 Å². The van der Waals surface area contributed by atoms with Crippen LogP contribution in [0.4, 0.5) is 4.39 Å². The van der Waals surface area contributed by atoms with Gasteiger partial charge in [0.25, 0.3) is 11.7 Å². The molecule has 1 amide bonds. The van der Waals surface area contributed by atoms with Gasteiger partial charge in [-0.15, -0.1) is 0 Å². The van der Waals surface area contributed by atoms with E-state index in [-0.39, 0.29) is 29.5 Å². The van der Waals surface area contributed by atoms with Crippen molar-refractivity contribution in [2.75, 3.05) is 34.5 Å². The zero-order valence-corrected chi connectivity index (χ0v) is 20.5. The monoisotopic (exact) mass is 487 g/mol. The summed E-state index contributed by atoms with van der Waals surface area (Å²) in [6.07, 6.45) is 0.365. The first-order valence-corrected chi connectivity index (χ1v) is 11.2. The molecule has 2 aromatic carbocycles. The molecule has 1 N–H and O–H groups in total. The molecular weight excluding hydrogens is 457 g/mol. The lowest BCUT2D eigenvalue weighted by Gasteiger charge is -2.26. The molecule has 2 aromatic rings. The number of methoxy groups -OCH3 is 3. The molecule has 1 atom stereocenters. The second-order valence-corrected chi connectivity index (χ2v) is 8.26. The number of aliphatic hydroxyl groups excluding tert-OH is 1. The first kappa shape index (κ1) is 26.0. The van der Waals surface area contributed by atoms with E-state index in [1.54, 1.807) is 25.3 Å². The lowest BCUT2D eigenvalue weighted by Crippen LogP contribution is -2.31. The van der Waals surface area contributed by atoms with Crippen LogP contribution < -0.4 is 14.2 Å². The number of hydrogen-bond donors (Lipinski definition) is 1. The average molecular weight is 488 g/mol. The first-order valence-electron chi connectivity index (χ1n) is 11.2. The Morgan fingerprint density at radius 3 is 2.34 bits per heavy atom. The molecule has 1 saturated heterocycles. The summed E-state index contributed by atoms with van der Waals surface area (Å²) in [5.74, 6) is -1.75. The lowest BCUT2D eigenvalue weighted by molar-refractivity contribution is -0.140. The highest BCUT2D eigenvalue weighted by molar-refractivity contribution is 6.46. The molecule has 0 bridgehead atoms. The van der Waals surface area contributed by atoms with E-state index >= 15 is 0 Å². The maximum absolute atomic E-state index is 14.1. The van der Waals surface area contributed by atoms with E-state index in [1.807, 2.05) is 13.8 Å². The Kier molecular flexibility index (Phi) is 8.34. The summed E-state index contributed by atoms with van der Waals surface area (Å²) in [7, 11) is 4.39. The van der Waals surface area contributed by atoms with Gasteiger partial charge in [0.2, 0.25) is 0 Å². The number of ether oxygens (including phenoxy) is 4. The van der Waals surface area contributed by atoms with Crippen LogP contribution in [-0.4, -0.2) is 62.3 Å². The zero-order chi connectivity index (χ0) is 25.7. The molecule has 0 aromatic heterocycles. The first-order chi connectivity index (χ1) is 16.7. The molecule has 8 nitrogen and oxygen atoms in total. The van der Waals surface area contributed by atoms with Crippen LogP contribution in [0.15, 0.2) is 42.0 Å². The third-order valence-corrected chi connectivity index (χ3v) is 5.57. The summed E-state index contributed by atoms with van der Waals surface area (Å²) in [6.45, 7) is 4.33. The summed E-state index contributed by atoms with van der Waals surface area (Å²) >= 11 is 0. The Labute approximate surface area is 203 Å². The van der Waals surface area contributed by atoms with Gasteiger partial charge >= 0.3 is 0 Å². The van der Waals surface area contributed by atoms with Crippen LogP contribution in [0.5, 0.6) is 17.2 Å². The number of ketones is 1. The Hall–Kier alpha value is -3.59. The minimum Gasteiger partial charge on any atom is -0.507 e. The van der Waals surface area contributed by atoms with Crippen LogP contribution in [0, 0.1) is 5.82 Å². The standard InChI is InChI=1S/C26H30FNO7/c1-15(2)35-20-9-7-16(13-21(20)34-5)23-22(25(30)26(31)28(23)11-6-12-32-3)24(29)18-14-17(27)8-10-19(18)33-4/h7-10,13-15,23,29H,6,11-12H2,1-5H3/b24-22+. The van der Waals surface area contributed by atoms with E-state index in [2.05, 4.69) is 0 Å². The third-order valence-electron chi connectivity index (χ3n) is 5.57. The Morgan fingerprint density at radius 1 is 1.03 bits per heavy atom. The number of hydrogen-bond acceptors (Lipinski definition) is 7. The maximum atomic E-state index is 14.1. The third kappa shape index (κ3) is 5.40. The van der Waals surface area contributed by atoms with E-state index in [4.69, 9.17) is 18.9 Å². The van der Waals surface area contributed by atoms with Gasteiger partial charge in [-0.2, -0.15) is 0 Å². The summed E-state index contributed by atoms with van der Waals surface area (Å²) < 4.78 is 35.7. The minimum absolute atomic E-state index is 0.0286. The Morgan fingerprint density at radius 2 is 1.71 bits per heavy atom. The number of Topliss-reactive ketones (excluding diaryl/α,β-unsaturated/α-hetero) is 1. The van der Waals surface area contributed by atoms with Gasteiger partial charge < -0.3 is 29.0 Å². The molecule has 0 radical (unpaired) electrons. The van der Waals surface area contributed by atoms with Gasteiger partial charge in [0.05, 0.1) is 37.5 Å². The van der Waals surface area contributed by atoms with E-state index in [0.717, 1.165) is 6.07 Å². The van der Waals surface area contributed by atoms with Crippen molar-refractivity contribution in [2.24, 2.45) is 0 Å². The Balaban J connectivity index is 2.21. The smallest absolute Gasteiger partial charge is 0.295 e. The molecule has 188 valence electrons. The SMILES string of the molecule is COCCCN1C(=O)C(=O)/C(=C(/O)c2cc(F)ccc2OC)C1c1ccc(OC(C)C)c(OC)c1. The summed E-state index contributed by atoms with van der Waals surface area (Å²) in [5, 5.41) is 11.2. The van der Waals surface area contributed by atoms with Crippen molar-refractivity contribution in [2.45, 2.75) is 32.4 Å². The minimum atomic E-state index is -0.943. The number of halogens is 1. The maximum Gasteiger partial charge on any atom is 0.295 e. The van der Waals surface area contributed by atoms with E-state index in [0.29, 0.717) is 30.1 Å². The number of rotatable bonds is 10. The molecule has 0 aliphatic carbocycles. The highest BCUT2D eigenvalue weighted by atomic mass is 19.1. The topological polar surface area (TPSA) is 94.5 Å². The van der Waals surface area contributed by atoms with Gasteiger partial charge in [0, 0.05) is 20.3 Å². The number of carbonyl (C=O) groups is 2. The van der Waals surface area contributed by atoms with Crippen LogP contribution >= 0.6 is 0 Å². The van der Waals surface area contributed by atoms with E-state index in [1.165, 1.54) is 31.3 Å². The van der Waals surface area contributed by atoms with Crippen molar-refractivity contribution >= 4 is 17.4 Å². The molecule has 1 aliphatic rings. The van der Waals surface area contributed by atoms with Crippen molar-refractivity contribution in [3.63, 3.8) is 0 Å². The van der Waals surface area contributed by atoms with Crippen LogP contribution in [0.3, 0.4) is 0 Å². The quantitative estimate of drug-likeness (QED) is 0.233. The second kappa shape index (κ2) is 11.2. The molecule has 9 heteroatoms. The average Bonchev–Trinajstić information content (AvgIpc) is 3.08. The predicted molar refractivity (Wildman–Crippen MR) is 127 cm³/mol. The Bertz CT molecular complexity index is 1130. The molecule has 3 rings (SSSR count). The van der Waals surface area contributed by atoms with Crippen LogP contribution in [0.2, 0.25) is 0 Å². The second-order valence-electron chi connectivity index (χ2n) is 8.26. The van der Waals surface area contributed by atoms with Crippen molar-refractivity contribution in [3.8, 4) is 17.2 Å². The van der Waals surface area contributed by atoms with Gasteiger partial charge in [0.15, 0.2) is 11.5 Å². The predicted octanol–water partition coefficient (Wildman–Crippen LogP) is 4.09. The number of amides is 1. The van der Waals surface area contributed by atoms with Crippen molar-refractivity contribution in [1.82, 2.24) is 4.90 Å².